The summed E-state index contributed by atoms with van der Waals surface area (Å²) in [5.74, 6) is 1.84. The van der Waals surface area contributed by atoms with Crippen molar-refractivity contribution in [1.29, 1.82) is 0 Å². The highest BCUT2D eigenvalue weighted by atomic mass is 16.5. The molecular weight excluding hydrogens is 208 g/mol. The maximum Gasteiger partial charge on any atom is 0.204 e. The van der Waals surface area contributed by atoms with Crippen molar-refractivity contribution in [2.45, 2.75) is 19.4 Å². The molecule has 0 aliphatic heterocycles. The van der Waals surface area contributed by atoms with Crippen LogP contribution in [0.1, 0.15) is 13.3 Å². The number of methoxy groups -OCH3 is 1. The van der Waals surface area contributed by atoms with Gasteiger partial charge in [-0.05, 0) is 13.3 Å². The maximum absolute atomic E-state index is 9.14. The van der Waals surface area contributed by atoms with Gasteiger partial charge in [0.2, 0.25) is 5.75 Å². The highest BCUT2D eigenvalue weighted by Gasteiger charge is 2.10. The van der Waals surface area contributed by atoms with Gasteiger partial charge >= 0.3 is 0 Å². The monoisotopic (exact) mass is 226 g/mol. The molecule has 3 N–H and O–H groups in total. The smallest absolute Gasteiger partial charge is 0.204 e. The van der Waals surface area contributed by atoms with Gasteiger partial charge in [0.1, 0.15) is 6.33 Å². The van der Waals surface area contributed by atoms with E-state index < -0.39 is 0 Å². The van der Waals surface area contributed by atoms with Crippen LogP contribution in [0.5, 0.6) is 5.75 Å². The molecule has 0 amide bonds. The van der Waals surface area contributed by atoms with Crippen molar-refractivity contribution in [3.63, 3.8) is 0 Å². The van der Waals surface area contributed by atoms with Crippen molar-refractivity contribution in [3.8, 4) is 5.75 Å². The molecule has 0 aromatic carbocycles. The first-order chi connectivity index (χ1) is 7.69. The number of aliphatic hydroxyl groups is 1. The molecule has 1 rings (SSSR count). The van der Waals surface area contributed by atoms with Gasteiger partial charge in [0.05, 0.1) is 13.2 Å². The van der Waals surface area contributed by atoms with Gasteiger partial charge < -0.3 is 20.5 Å². The molecule has 6 heteroatoms. The Morgan fingerprint density at radius 2 is 2.12 bits per heavy atom. The number of rotatable bonds is 6. The van der Waals surface area contributed by atoms with E-state index in [1.165, 1.54) is 6.33 Å². The molecule has 0 fully saturated rings. The summed E-state index contributed by atoms with van der Waals surface area (Å²) >= 11 is 0. The van der Waals surface area contributed by atoms with E-state index >= 15 is 0 Å². The van der Waals surface area contributed by atoms with Gasteiger partial charge in [0.15, 0.2) is 11.6 Å². The topological polar surface area (TPSA) is 79.3 Å². The van der Waals surface area contributed by atoms with E-state index in [1.54, 1.807) is 21.1 Å². The second-order valence-corrected chi connectivity index (χ2v) is 3.42. The predicted octanol–water partition coefficient (Wildman–Crippen LogP) is 0.710. The van der Waals surface area contributed by atoms with Crippen molar-refractivity contribution in [2.75, 3.05) is 31.3 Å². The summed E-state index contributed by atoms with van der Waals surface area (Å²) in [6.07, 6.45) is 1.78. The first-order valence-electron chi connectivity index (χ1n) is 5.17. The fourth-order valence-electron chi connectivity index (χ4n) is 1.27. The van der Waals surface area contributed by atoms with Crippen molar-refractivity contribution >= 4 is 11.6 Å². The lowest BCUT2D eigenvalue weighted by molar-refractivity contribution is 0.188. The van der Waals surface area contributed by atoms with Crippen molar-refractivity contribution in [2.24, 2.45) is 0 Å². The second kappa shape index (κ2) is 6.12. The molecule has 0 aliphatic carbocycles. The zero-order valence-corrected chi connectivity index (χ0v) is 9.82. The Kier molecular flexibility index (Phi) is 4.78. The van der Waals surface area contributed by atoms with Crippen LogP contribution in [0.25, 0.3) is 0 Å². The molecule has 1 unspecified atom stereocenters. The van der Waals surface area contributed by atoms with Crippen LogP contribution in [0.2, 0.25) is 0 Å². The van der Waals surface area contributed by atoms with Crippen molar-refractivity contribution in [3.05, 3.63) is 6.33 Å². The number of hydrogen-bond acceptors (Lipinski definition) is 6. The average Bonchev–Trinajstić information content (AvgIpc) is 2.28. The van der Waals surface area contributed by atoms with Crippen LogP contribution in [0.15, 0.2) is 6.33 Å². The molecule has 0 aliphatic rings. The fourth-order valence-corrected chi connectivity index (χ4v) is 1.27. The molecule has 0 spiro atoms. The molecular formula is C10H18N4O2. The van der Waals surface area contributed by atoms with Gasteiger partial charge in [0, 0.05) is 13.6 Å². The maximum atomic E-state index is 9.14. The van der Waals surface area contributed by atoms with Gasteiger partial charge in [-0.3, -0.25) is 0 Å². The number of nitrogens with zero attached hydrogens (tertiary/aromatic N) is 2. The molecule has 1 atom stereocenters. The minimum atomic E-state index is -0.330. The highest BCUT2D eigenvalue weighted by Crippen LogP contribution is 2.28. The van der Waals surface area contributed by atoms with E-state index in [2.05, 4.69) is 20.6 Å². The molecule has 0 saturated heterocycles. The van der Waals surface area contributed by atoms with Gasteiger partial charge in [-0.25, -0.2) is 9.97 Å². The third-order valence-electron chi connectivity index (χ3n) is 2.10. The first-order valence-corrected chi connectivity index (χ1v) is 5.17. The van der Waals surface area contributed by atoms with E-state index in [1.807, 2.05) is 0 Å². The summed E-state index contributed by atoms with van der Waals surface area (Å²) in [4.78, 5) is 8.12. The molecule has 0 bridgehead atoms. The molecule has 1 aromatic heterocycles. The summed E-state index contributed by atoms with van der Waals surface area (Å²) in [5, 5.41) is 15.2. The van der Waals surface area contributed by atoms with Crippen molar-refractivity contribution < 1.29 is 9.84 Å². The summed E-state index contributed by atoms with van der Waals surface area (Å²) in [5.41, 5.74) is 0. The lowest BCUT2D eigenvalue weighted by atomic mass is 10.3. The fraction of sp³-hybridized carbons (Fsp3) is 0.600. The second-order valence-electron chi connectivity index (χ2n) is 3.42. The first kappa shape index (κ1) is 12.5. The SMILES string of the molecule is CNc1ncnc(NCCC(C)O)c1OC. The van der Waals surface area contributed by atoms with E-state index in [0.29, 0.717) is 30.4 Å². The third kappa shape index (κ3) is 3.23. The standard InChI is InChI=1S/C10H18N4O2/c1-7(15)4-5-12-10-8(16-3)9(11-2)13-6-14-10/h6-7,15H,4-5H2,1-3H3,(H2,11,12,13,14). The van der Waals surface area contributed by atoms with Gasteiger partial charge in [-0.15, -0.1) is 0 Å². The van der Waals surface area contributed by atoms with Crippen LogP contribution in [-0.2, 0) is 0 Å². The minimum Gasteiger partial charge on any atom is -0.490 e. The van der Waals surface area contributed by atoms with E-state index in [9.17, 15) is 0 Å². The normalized spacial score (nSPS) is 12.0. The molecule has 6 nitrogen and oxygen atoms in total. The summed E-state index contributed by atoms with van der Waals surface area (Å²) in [6.45, 7) is 2.38. The number of ether oxygens (including phenoxy) is 1. The largest absolute Gasteiger partial charge is 0.490 e. The van der Waals surface area contributed by atoms with E-state index in [-0.39, 0.29) is 6.10 Å². The van der Waals surface area contributed by atoms with Gasteiger partial charge in [-0.1, -0.05) is 0 Å². The van der Waals surface area contributed by atoms with E-state index in [0.717, 1.165) is 0 Å². The Morgan fingerprint density at radius 1 is 1.44 bits per heavy atom. The summed E-state index contributed by atoms with van der Waals surface area (Å²) in [6, 6.07) is 0. The third-order valence-corrected chi connectivity index (χ3v) is 2.10. The molecule has 1 heterocycles. The minimum absolute atomic E-state index is 0.330. The Bertz CT molecular complexity index is 331. The Labute approximate surface area is 95.1 Å². The zero-order valence-electron chi connectivity index (χ0n) is 9.82. The van der Waals surface area contributed by atoms with Crippen LogP contribution in [0.4, 0.5) is 11.6 Å². The van der Waals surface area contributed by atoms with E-state index in [4.69, 9.17) is 9.84 Å². The molecule has 16 heavy (non-hydrogen) atoms. The van der Waals surface area contributed by atoms with Crippen LogP contribution in [-0.4, -0.2) is 41.9 Å². The molecule has 90 valence electrons. The summed E-state index contributed by atoms with van der Waals surface area (Å²) in [7, 11) is 3.34. The number of anilines is 2. The van der Waals surface area contributed by atoms with Gasteiger partial charge in [-0.2, -0.15) is 0 Å². The Hall–Kier alpha value is -1.56. The number of aromatic nitrogens is 2. The lowest BCUT2D eigenvalue weighted by Gasteiger charge is -2.13. The van der Waals surface area contributed by atoms with Gasteiger partial charge in [0.25, 0.3) is 0 Å². The highest BCUT2D eigenvalue weighted by molar-refractivity contribution is 5.63. The molecule has 1 aromatic rings. The molecule has 0 saturated carbocycles. The molecule has 0 radical (unpaired) electrons. The number of nitrogens with one attached hydrogen (secondary N) is 2. The zero-order chi connectivity index (χ0) is 12.0. The number of hydrogen-bond donors (Lipinski definition) is 3. The Balaban J connectivity index is 2.71. The average molecular weight is 226 g/mol. The lowest BCUT2D eigenvalue weighted by Crippen LogP contribution is -2.12. The van der Waals surface area contributed by atoms with Crippen LogP contribution in [0, 0.1) is 0 Å². The number of aliphatic hydroxyl groups excluding tert-OH is 1. The van der Waals surface area contributed by atoms with Crippen LogP contribution in [0.3, 0.4) is 0 Å². The van der Waals surface area contributed by atoms with Crippen LogP contribution < -0.4 is 15.4 Å². The Morgan fingerprint density at radius 3 is 2.69 bits per heavy atom. The van der Waals surface area contributed by atoms with Crippen molar-refractivity contribution in [1.82, 2.24) is 9.97 Å². The summed E-state index contributed by atoms with van der Waals surface area (Å²) < 4.78 is 5.21. The quantitative estimate of drug-likeness (QED) is 0.663. The predicted molar refractivity (Wildman–Crippen MR) is 62.9 cm³/mol. The van der Waals surface area contributed by atoms with Crippen LogP contribution >= 0.6 is 0 Å².